The van der Waals surface area contributed by atoms with E-state index in [4.69, 9.17) is 4.74 Å². The molecule has 1 N–H and O–H groups in total. The molecule has 1 aromatic heterocycles. The molecule has 0 amide bonds. The summed E-state index contributed by atoms with van der Waals surface area (Å²) in [6, 6.07) is 0. The van der Waals surface area contributed by atoms with Crippen LogP contribution in [0.3, 0.4) is 0 Å². The Kier molecular flexibility index (Phi) is 3.97. The summed E-state index contributed by atoms with van der Waals surface area (Å²) in [7, 11) is 0. The molecule has 1 aliphatic heterocycles. The summed E-state index contributed by atoms with van der Waals surface area (Å²) in [5.41, 5.74) is 1.18. The van der Waals surface area contributed by atoms with Crippen LogP contribution < -0.4 is 5.32 Å². The molecule has 2 heterocycles. The number of ether oxygens (including phenoxy) is 1. The first-order valence-corrected chi connectivity index (χ1v) is 6.52. The zero-order valence-corrected chi connectivity index (χ0v) is 9.98. The highest BCUT2D eigenvalue weighted by Crippen LogP contribution is 2.18. The number of nitrogens with one attached hydrogen (secondary N) is 1. The van der Waals surface area contributed by atoms with E-state index in [0.717, 1.165) is 31.3 Å². The third kappa shape index (κ3) is 3.18. The maximum Gasteiger partial charge on any atom is 0.182 e. The third-order valence-corrected chi connectivity index (χ3v) is 3.56. The lowest BCUT2D eigenvalue weighted by Gasteiger charge is -2.21. The third-order valence-electron chi connectivity index (χ3n) is 2.71. The van der Waals surface area contributed by atoms with Crippen LogP contribution in [0.15, 0.2) is 5.38 Å². The highest BCUT2D eigenvalue weighted by Gasteiger charge is 2.13. The van der Waals surface area contributed by atoms with Gasteiger partial charge in [0.2, 0.25) is 0 Å². The minimum atomic E-state index is 0.660. The Balaban J connectivity index is 1.76. The van der Waals surface area contributed by atoms with Crippen molar-refractivity contribution in [3.63, 3.8) is 0 Å². The average molecular weight is 226 g/mol. The molecular weight excluding hydrogens is 208 g/mol. The van der Waals surface area contributed by atoms with Crippen LogP contribution in [-0.2, 0) is 11.2 Å². The predicted molar refractivity (Wildman–Crippen MR) is 63.5 cm³/mol. The molecular formula is C11H18N2OS. The van der Waals surface area contributed by atoms with Gasteiger partial charge in [0.05, 0.1) is 12.3 Å². The number of nitrogens with zero attached hydrogens (tertiary/aromatic N) is 1. The standard InChI is InChI=1S/C11H18N2OS/c1-2-10-8-15-11(13-10)12-6-9-4-3-5-14-7-9/h8-9H,2-7H2,1H3,(H,12,13). The maximum atomic E-state index is 5.44. The van der Waals surface area contributed by atoms with Gasteiger partial charge in [0, 0.05) is 18.5 Å². The normalized spacial score (nSPS) is 21.5. The zero-order chi connectivity index (χ0) is 10.5. The smallest absolute Gasteiger partial charge is 0.182 e. The zero-order valence-electron chi connectivity index (χ0n) is 9.16. The van der Waals surface area contributed by atoms with Gasteiger partial charge in [-0.2, -0.15) is 0 Å². The molecule has 0 spiro atoms. The molecule has 1 aromatic rings. The Morgan fingerprint density at radius 2 is 2.60 bits per heavy atom. The van der Waals surface area contributed by atoms with Crippen molar-refractivity contribution in [3.8, 4) is 0 Å². The van der Waals surface area contributed by atoms with Crippen LogP contribution in [0.4, 0.5) is 5.13 Å². The summed E-state index contributed by atoms with van der Waals surface area (Å²) < 4.78 is 5.44. The molecule has 1 saturated heterocycles. The molecule has 1 aliphatic rings. The molecule has 4 heteroatoms. The molecule has 0 bridgehead atoms. The lowest BCUT2D eigenvalue weighted by molar-refractivity contribution is 0.0595. The molecule has 84 valence electrons. The van der Waals surface area contributed by atoms with E-state index in [-0.39, 0.29) is 0 Å². The van der Waals surface area contributed by atoms with Crippen molar-refractivity contribution in [3.05, 3.63) is 11.1 Å². The van der Waals surface area contributed by atoms with Crippen LogP contribution in [0, 0.1) is 5.92 Å². The molecule has 0 aromatic carbocycles. The number of aromatic nitrogens is 1. The Bertz CT molecular complexity index is 295. The van der Waals surface area contributed by atoms with Gasteiger partial charge in [-0.15, -0.1) is 11.3 Å². The fraction of sp³-hybridized carbons (Fsp3) is 0.727. The van der Waals surface area contributed by atoms with E-state index >= 15 is 0 Å². The summed E-state index contributed by atoms with van der Waals surface area (Å²) in [6.07, 6.45) is 3.49. The predicted octanol–water partition coefficient (Wildman–Crippen LogP) is 2.54. The second-order valence-electron chi connectivity index (χ2n) is 3.96. The van der Waals surface area contributed by atoms with Gasteiger partial charge in [0.1, 0.15) is 0 Å². The van der Waals surface area contributed by atoms with Crippen molar-refractivity contribution in [1.29, 1.82) is 0 Å². The van der Waals surface area contributed by atoms with Crippen LogP contribution >= 0.6 is 11.3 Å². The van der Waals surface area contributed by atoms with Gasteiger partial charge in [0.15, 0.2) is 5.13 Å². The summed E-state index contributed by atoms with van der Waals surface area (Å²) in [4.78, 5) is 4.48. The highest BCUT2D eigenvalue weighted by atomic mass is 32.1. The van der Waals surface area contributed by atoms with E-state index in [1.54, 1.807) is 11.3 Å². The monoisotopic (exact) mass is 226 g/mol. The lowest BCUT2D eigenvalue weighted by Crippen LogP contribution is -2.24. The maximum absolute atomic E-state index is 5.44. The number of aryl methyl sites for hydroxylation is 1. The van der Waals surface area contributed by atoms with Crippen LogP contribution in [0.5, 0.6) is 0 Å². The first kappa shape index (κ1) is 10.9. The average Bonchev–Trinajstić information content (AvgIpc) is 2.76. The summed E-state index contributed by atoms with van der Waals surface area (Å²) in [6.45, 7) is 4.97. The van der Waals surface area contributed by atoms with Gasteiger partial charge >= 0.3 is 0 Å². The fourth-order valence-electron chi connectivity index (χ4n) is 1.75. The second kappa shape index (κ2) is 5.47. The van der Waals surface area contributed by atoms with Crippen molar-refractivity contribution in [2.45, 2.75) is 26.2 Å². The summed E-state index contributed by atoms with van der Waals surface area (Å²) in [5, 5.41) is 6.57. The van der Waals surface area contributed by atoms with Gasteiger partial charge in [-0.3, -0.25) is 0 Å². The van der Waals surface area contributed by atoms with Crippen molar-refractivity contribution in [1.82, 2.24) is 4.98 Å². The largest absolute Gasteiger partial charge is 0.381 e. The summed E-state index contributed by atoms with van der Waals surface area (Å²) >= 11 is 1.70. The van der Waals surface area contributed by atoms with Gasteiger partial charge in [0.25, 0.3) is 0 Å². The number of anilines is 1. The minimum Gasteiger partial charge on any atom is -0.381 e. The Morgan fingerprint density at radius 1 is 1.67 bits per heavy atom. The van der Waals surface area contributed by atoms with Crippen LogP contribution in [0.25, 0.3) is 0 Å². The number of rotatable bonds is 4. The quantitative estimate of drug-likeness (QED) is 0.856. The first-order chi connectivity index (χ1) is 7.38. The van der Waals surface area contributed by atoms with E-state index in [9.17, 15) is 0 Å². The lowest BCUT2D eigenvalue weighted by atomic mass is 10.0. The molecule has 3 nitrogen and oxygen atoms in total. The fourth-order valence-corrected chi connectivity index (χ4v) is 2.55. The van der Waals surface area contributed by atoms with E-state index in [0.29, 0.717) is 5.92 Å². The van der Waals surface area contributed by atoms with Gasteiger partial charge in [-0.1, -0.05) is 6.92 Å². The molecule has 1 unspecified atom stereocenters. The molecule has 0 saturated carbocycles. The Labute approximate surface area is 94.9 Å². The van der Waals surface area contributed by atoms with Crippen molar-refractivity contribution in [2.24, 2.45) is 5.92 Å². The molecule has 1 fully saturated rings. The Morgan fingerprint density at radius 3 is 3.27 bits per heavy atom. The van der Waals surface area contributed by atoms with Crippen molar-refractivity contribution < 1.29 is 4.74 Å². The SMILES string of the molecule is CCc1csc(NCC2CCCOC2)n1. The topological polar surface area (TPSA) is 34.1 Å². The van der Waals surface area contributed by atoms with Gasteiger partial charge in [-0.25, -0.2) is 4.98 Å². The first-order valence-electron chi connectivity index (χ1n) is 5.64. The number of hydrogen-bond donors (Lipinski definition) is 1. The molecule has 15 heavy (non-hydrogen) atoms. The molecule has 0 aliphatic carbocycles. The van der Waals surface area contributed by atoms with E-state index in [1.165, 1.54) is 18.5 Å². The van der Waals surface area contributed by atoms with Crippen LogP contribution in [0.1, 0.15) is 25.5 Å². The van der Waals surface area contributed by atoms with Gasteiger partial charge < -0.3 is 10.1 Å². The van der Waals surface area contributed by atoms with E-state index < -0.39 is 0 Å². The molecule has 0 radical (unpaired) electrons. The minimum absolute atomic E-state index is 0.660. The van der Waals surface area contributed by atoms with Crippen molar-refractivity contribution >= 4 is 16.5 Å². The van der Waals surface area contributed by atoms with E-state index in [1.807, 2.05) is 0 Å². The number of hydrogen-bond acceptors (Lipinski definition) is 4. The van der Waals surface area contributed by atoms with Crippen molar-refractivity contribution in [2.75, 3.05) is 25.1 Å². The van der Waals surface area contributed by atoms with Crippen LogP contribution in [-0.4, -0.2) is 24.7 Å². The summed E-state index contributed by atoms with van der Waals surface area (Å²) in [5.74, 6) is 0.660. The molecule has 2 rings (SSSR count). The highest BCUT2D eigenvalue weighted by molar-refractivity contribution is 7.13. The molecule has 1 atom stereocenters. The van der Waals surface area contributed by atoms with E-state index in [2.05, 4.69) is 22.6 Å². The van der Waals surface area contributed by atoms with Gasteiger partial charge in [-0.05, 0) is 25.2 Å². The van der Waals surface area contributed by atoms with Crippen LogP contribution in [0.2, 0.25) is 0 Å². The Hall–Kier alpha value is -0.610. The number of thiazole rings is 1. The second-order valence-corrected chi connectivity index (χ2v) is 4.82.